The first kappa shape index (κ1) is 15.1. The molecule has 1 aromatic carbocycles. The average Bonchev–Trinajstić information content (AvgIpc) is 2.42. The number of aryl methyl sites for hydroxylation is 1. The molecule has 0 aliphatic rings. The van der Waals surface area contributed by atoms with Gasteiger partial charge in [-0.05, 0) is 24.7 Å². The Morgan fingerprint density at radius 3 is 2.67 bits per heavy atom. The first-order chi connectivity index (χ1) is 8.65. The van der Waals surface area contributed by atoms with Gasteiger partial charge in [0, 0.05) is 19.3 Å². The molecule has 1 amide bonds. The van der Waals surface area contributed by atoms with Crippen LogP contribution in [0.15, 0.2) is 30.3 Å². The second-order valence-corrected chi connectivity index (χ2v) is 5.37. The van der Waals surface area contributed by atoms with Crippen LogP contribution in [0.4, 0.5) is 0 Å². The lowest BCUT2D eigenvalue weighted by molar-refractivity contribution is -0.131. The van der Waals surface area contributed by atoms with Gasteiger partial charge in [-0.25, -0.2) is 0 Å². The van der Waals surface area contributed by atoms with Crippen LogP contribution in [0.25, 0.3) is 0 Å². The Morgan fingerprint density at radius 2 is 2.06 bits per heavy atom. The van der Waals surface area contributed by atoms with Crippen LogP contribution < -0.4 is 5.73 Å². The molecule has 0 saturated carbocycles. The van der Waals surface area contributed by atoms with E-state index in [1.54, 1.807) is 16.7 Å². The fourth-order valence-electron chi connectivity index (χ4n) is 1.71. The minimum atomic E-state index is -0.392. The van der Waals surface area contributed by atoms with Crippen molar-refractivity contribution in [2.24, 2.45) is 5.73 Å². The van der Waals surface area contributed by atoms with Crippen LogP contribution >= 0.6 is 11.8 Å². The lowest BCUT2D eigenvalue weighted by atomic mass is 10.1. The number of amides is 1. The second-order valence-electron chi connectivity index (χ2n) is 4.38. The number of thioether (sulfide) groups is 1. The summed E-state index contributed by atoms with van der Waals surface area (Å²) in [6.45, 7) is 0.763. The van der Waals surface area contributed by atoms with E-state index in [2.05, 4.69) is 12.1 Å². The van der Waals surface area contributed by atoms with Gasteiger partial charge in [-0.1, -0.05) is 30.3 Å². The van der Waals surface area contributed by atoms with E-state index in [0.29, 0.717) is 6.42 Å². The van der Waals surface area contributed by atoms with Gasteiger partial charge in [0.05, 0.1) is 6.04 Å². The number of carbonyl (C=O) groups excluding carboxylic acids is 1. The van der Waals surface area contributed by atoms with E-state index in [-0.39, 0.29) is 5.91 Å². The molecule has 0 fully saturated rings. The standard InChI is InChI=1S/C14H22N2OS/c1-16(10-11-18-2)14(17)13(15)9-8-12-6-4-3-5-7-12/h3-7,13H,8-11,15H2,1-2H3/t13-/m0/s1. The smallest absolute Gasteiger partial charge is 0.239 e. The zero-order valence-electron chi connectivity index (χ0n) is 11.1. The van der Waals surface area contributed by atoms with E-state index < -0.39 is 6.04 Å². The molecule has 0 aliphatic heterocycles. The topological polar surface area (TPSA) is 46.3 Å². The normalized spacial score (nSPS) is 12.2. The summed E-state index contributed by atoms with van der Waals surface area (Å²) in [5.74, 6) is 0.994. The van der Waals surface area contributed by atoms with Crippen LogP contribution in [0, 0.1) is 0 Å². The van der Waals surface area contributed by atoms with Gasteiger partial charge in [0.25, 0.3) is 0 Å². The molecule has 1 aromatic rings. The molecule has 0 unspecified atom stereocenters. The number of nitrogens with two attached hydrogens (primary N) is 1. The van der Waals surface area contributed by atoms with E-state index >= 15 is 0 Å². The van der Waals surface area contributed by atoms with Gasteiger partial charge < -0.3 is 10.6 Å². The summed E-state index contributed by atoms with van der Waals surface area (Å²) in [4.78, 5) is 13.7. The molecule has 4 heteroatoms. The van der Waals surface area contributed by atoms with Gasteiger partial charge >= 0.3 is 0 Å². The van der Waals surface area contributed by atoms with Crippen molar-refractivity contribution >= 4 is 17.7 Å². The molecular weight excluding hydrogens is 244 g/mol. The largest absolute Gasteiger partial charge is 0.344 e. The lowest BCUT2D eigenvalue weighted by Crippen LogP contribution is -2.42. The highest BCUT2D eigenvalue weighted by molar-refractivity contribution is 7.98. The molecule has 18 heavy (non-hydrogen) atoms. The molecule has 0 aliphatic carbocycles. The molecule has 0 bridgehead atoms. The summed E-state index contributed by atoms with van der Waals surface area (Å²) in [5.41, 5.74) is 7.17. The van der Waals surface area contributed by atoms with Gasteiger partial charge in [-0.2, -0.15) is 11.8 Å². The molecule has 0 saturated heterocycles. The van der Waals surface area contributed by atoms with Gasteiger partial charge in [0.2, 0.25) is 5.91 Å². The highest BCUT2D eigenvalue weighted by atomic mass is 32.2. The monoisotopic (exact) mass is 266 g/mol. The zero-order valence-corrected chi connectivity index (χ0v) is 12.0. The number of rotatable bonds is 7. The van der Waals surface area contributed by atoms with Crippen LogP contribution in [-0.4, -0.2) is 42.4 Å². The number of nitrogens with zero attached hydrogens (tertiary/aromatic N) is 1. The SMILES string of the molecule is CSCCN(C)C(=O)[C@@H](N)CCc1ccccc1. The fourth-order valence-corrected chi connectivity index (χ4v) is 2.17. The van der Waals surface area contributed by atoms with Crippen molar-refractivity contribution in [2.75, 3.05) is 25.6 Å². The average molecular weight is 266 g/mol. The molecule has 0 spiro atoms. The van der Waals surface area contributed by atoms with Crippen molar-refractivity contribution in [3.63, 3.8) is 0 Å². The Balaban J connectivity index is 2.35. The van der Waals surface area contributed by atoms with E-state index in [0.717, 1.165) is 18.7 Å². The van der Waals surface area contributed by atoms with Crippen molar-refractivity contribution in [3.05, 3.63) is 35.9 Å². The lowest BCUT2D eigenvalue weighted by Gasteiger charge is -2.20. The zero-order chi connectivity index (χ0) is 13.4. The molecule has 0 radical (unpaired) electrons. The van der Waals surface area contributed by atoms with Crippen LogP contribution in [0.3, 0.4) is 0 Å². The maximum absolute atomic E-state index is 12.0. The van der Waals surface area contributed by atoms with Crippen molar-refractivity contribution in [3.8, 4) is 0 Å². The first-order valence-electron chi connectivity index (χ1n) is 6.18. The van der Waals surface area contributed by atoms with Gasteiger partial charge in [-0.3, -0.25) is 4.79 Å². The summed E-state index contributed by atoms with van der Waals surface area (Å²) in [6.07, 6.45) is 3.59. The number of benzene rings is 1. The van der Waals surface area contributed by atoms with Crippen LogP contribution in [0.1, 0.15) is 12.0 Å². The van der Waals surface area contributed by atoms with E-state index in [1.807, 2.05) is 31.5 Å². The molecule has 0 aromatic heterocycles. The summed E-state index contributed by atoms with van der Waals surface area (Å²) in [7, 11) is 1.82. The van der Waals surface area contributed by atoms with Crippen LogP contribution in [-0.2, 0) is 11.2 Å². The maximum Gasteiger partial charge on any atom is 0.239 e. The van der Waals surface area contributed by atoms with Gasteiger partial charge in [0.15, 0.2) is 0 Å². The number of likely N-dealkylation sites (N-methyl/N-ethyl adjacent to an activating group) is 1. The van der Waals surface area contributed by atoms with Crippen molar-refractivity contribution in [1.29, 1.82) is 0 Å². The summed E-state index contributed by atoms with van der Waals surface area (Å²) >= 11 is 1.73. The number of carbonyl (C=O) groups is 1. The van der Waals surface area contributed by atoms with Crippen molar-refractivity contribution in [2.45, 2.75) is 18.9 Å². The second kappa shape index (κ2) is 8.16. The highest BCUT2D eigenvalue weighted by Crippen LogP contribution is 2.06. The third-order valence-electron chi connectivity index (χ3n) is 2.91. The molecule has 100 valence electrons. The maximum atomic E-state index is 12.0. The molecule has 0 heterocycles. The van der Waals surface area contributed by atoms with Crippen molar-refractivity contribution < 1.29 is 4.79 Å². The molecular formula is C14H22N2OS. The third kappa shape index (κ3) is 5.10. The van der Waals surface area contributed by atoms with Crippen LogP contribution in [0.2, 0.25) is 0 Å². The van der Waals surface area contributed by atoms with Crippen LogP contribution in [0.5, 0.6) is 0 Å². The van der Waals surface area contributed by atoms with Gasteiger partial charge in [-0.15, -0.1) is 0 Å². The summed E-state index contributed by atoms with van der Waals surface area (Å²) in [5, 5.41) is 0. The molecule has 1 atom stereocenters. The third-order valence-corrected chi connectivity index (χ3v) is 3.50. The quantitative estimate of drug-likeness (QED) is 0.818. The summed E-state index contributed by atoms with van der Waals surface area (Å²) < 4.78 is 0. The predicted molar refractivity (Wildman–Crippen MR) is 78.8 cm³/mol. The molecule has 2 N–H and O–H groups in total. The summed E-state index contributed by atoms with van der Waals surface area (Å²) in [6, 6.07) is 9.74. The molecule has 3 nitrogen and oxygen atoms in total. The van der Waals surface area contributed by atoms with E-state index in [1.165, 1.54) is 5.56 Å². The van der Waals surface area contributed by atoms with E-state index in [9.17, 15) is 4.79 Å². The van der Waals surface area contributed by atoms with Gasteiger partial charge in [0.1, 0.15) is 0 Å². The number of hydrogen-bond acceptors (Lipinski definition) is 3. The molecule has 1 rings (SSSR count). The van der Waals surface area contributed by atoms with Crippen molar-refractivity contribution in [1.82, 2.24) is 4.90 Å². The fraction of sp³-hybridized carbons (Fsp3) is 0.500. The highest BCUT2D eigenvalue weighted by Gasteiger charge is 2.17. The minimum Gasteiger partial charge on any atom is -0.344 e. The predicted octanol–water partition coefficient (Wildman–Crippen LogP) is 1.77. The Kier molecular flexibility index (Phi) is 6.83. The minimum absolute atomic E-state index is 0.0416. The van der Waals surface area contributed by atoms with E-state index in [4.69, 9.17) is 5.73 Å². The first-order valence-corrected chi connectivity index (χ1v) is 7.58. The number of hydrogen-bond donors (Lipinski definition) is 1. The Hall–Kier alpha value is -1.00. The Bertz CT molecular complexity index is 356. The Morgan fingerprint density at radius 1 is 1.39 bits per heavy atom. The Labute approximate surface area is 114 Å².